The van der Waals surface area contributed by atoms with E-state index >= 15 is 0 Å². The molecule has 0 aromatic carbocycles. The zero-order valence-corrected chi connectivity index (χ0v) is 14.2. The predicted octanol–water partition coefficient (Wildman–Crippen LogP) is 2.84. The Morgan fingerprint density at radius 3 is 2.33 bits per heavy atom. The van der Waals surface area contributed by atoms with E-state index < -0.39 is 17.7 Å². The third-order valence-corrected chi connectivity index (χ3v) is 3.89. The van der Waals surface area contributed by atoms with Crippen LogP contribution in [-0.4, -0.2) is 29.7 Å². The number of nitrogens with one attached hydrogen (secondary N) is 2. The average molecular weight is 298 g/mol. The molecule has 0 aromatic rings. The van der Waals surface area contributed by atoms with E-state index in [2.05, 4.69) is 24.5 Å². The number of rotatable bonds is 3. The van der Waals surface area contributed by atoms with Crippen molar-refractivity contribution in [1.82, 2.24) is 10.6 Å². The fourth-order valence-electron chi connectivity index (χ4n) is 2.74. The Kier molecular flexibility index (Phi) is 6.05. The third kappa shape index (κ3) is 6.36. The largest absolute Gasteiger partial charge is 0.444 e. The minimum atomic E-state index is -0.591. The zero-order valence-electron chi connectivity index (χ0n) is 14.2. The van der Waals surface area contributed by atoms with Crippen LogP contribution >= 0.6 is 0 Å². The Morgan fingerprint density at radius 2 is 1.81 bits per heavy atom. The van der Waals surface area contributed by atoms with Crippen LogP contribution in [0.2, 0.25) is 0 Å². The summed E-state index contributed by atoms with van der Waals surface area (Å²) in [6.07, 6.45) is 2.73. The first-order chi connectivity index (χ1) is 9.58. The lowest BCUT2D eigenvalue weighted by molar-refractivity contribution is -0.124. The molecule has 1 aliphatic carbocycles. The molecule has 5 nitrogen and oxygen atoms in total. The fraction of sp³-hybridized carbons (Fsp3) is 0.875. The standard InChI is InChI=1S/C16H30N2O3/c1-10-7-8-13(11(2)9-10)18-14(19)12(3)17-15(20)21-16(4,5)6/h10-13H,7-9H2,1-6H3,(H,17,20)(H,18,19). The molecule has 1 saturated carbocycles. The minimum absolute atomic E-state index is 0.146. The van der Waals surface area contributed by atoms with Crippen molar-refractivity contribution in [3.8, 4) is 0 Å². The maximum Gasteiger partial charge on any atom is 0.408 e. The van der Waals surface area contributed by atoms with Crippen LogP contribution in [0.25, 0.3) is 0 Å². The minimum Gasteiger partial charge on any atom is -0.444 e. The molecule has 0 radical (unpaired) electrons. The quantitative estimate of drug-likeness (QED) is 0.842. The average Bonchev–Trinajstić information content (AvgIpc) is 2.29. The normalized spacial score (nSPS) is 27.6. The molecule has 2 amide bonds. The van der Waals surface area contributed by atoms with Crippen molar-refractivity contribution in [2.24, 2.45) is 11.8 Å². The lowest BCUT2D eigenvalue weighted by Crippen LogP contribution is -2.51. The van der Waals surface area contributed by atoms with Crippen LogP contribution < -0.4 is 10.6 Å². The fourth-order valence-corrected chi connectivity index (χ4v) is 2.74. The summed E-state index contributed by atoms with van der Waals surface area (Å²) in [5.41, 5.74) is -0.561. The van der Waals surface area contributed by atoms with E-state index in [1.165, 1.54) is 0 Å². The highest BCUT2D eigenvalue weighted by Gasteiger charge is 2.28. The first-order valence-corrected chi connectivity index (χ1v) is 7.88. The Hall–Kier alpha value is -1.26. The summed E-state index contributed by atoms with van der Waals surface area (Å²) in [6.45, 7) is 11.5. The van der Waals surface area contributed by atoms with Gasteiger partial charge in [-0.3, -0.25) is 4.79 Å². The predicted molar refractivity (Wildman–Crippen MR) is 82.9 cm³/mol. The lowest BCUT2D eigenvalue weighted by atomic mass is 9.80. The zero-order chi connectivity index (χ0) is 16.2. The molecule has 1 aliphatic rings. The molecule has 1 rings (SSSR count). The Balaban J connectivity index is 2.42. The van der Waals surface area contributed by atoms with Crippen molar-refractivity contribution in [3.63, 3.8) is 0 Å². The number of hydrogen-bond donors (Lipinski definition) is 2. The van der Waals surface area contributed by atoms with Gasteiger partial charge in [0.15, 0.2) is 0 Å². The second-order valence-corrected chi connectivity index (χ2v) is 7.38. The van der Waals surface area contributed by atoms with Gasteiger partial charge in [-0.2, -0.15) is 0 Å². The van der Waals surface area contributed by atoms with Gasteiger partial charge < -0.3 is 15.4 Å². The molecule has 21 heavy (non-hydrogen) atoms. The SMILES string of the molecule is CC1CCC(NC(=O)C(C)NC(=O)OC(C)(C)C)C(C)C1. The molecule has 0 aliphatic heterocycles. The second-order valence-electron chi connectivity index (χ2n) is 7.38. The van der Waals surface area contributed by atoms with E-state index in [4.69, 9.17) is 4.74 Å². The van der Waals surface area contributed by atoms with E-state index in [0.29, 0.717) is 5.92 Å². The summed E-state index contributed by atoms with van der Waals surface area (Å²) in [6, 6.07) is -0.386. The van der Waals surface area contributed by atoms with Crippen LogP contribution in [0, 0.1) is 11.8 Å². The lowest BCUT2D eigenvalue weighted by Gasteiger charge is -2.33. The van der Waals surface area contributed by atoms with Crippen molar-refractivity contribution >= 4 is 12.0 Å². The van der Waals surface area contributed by atoms with Crippen molar-refractivity contribution in [2.45, 2.75) is 78.5 Å². The molecule has 122 valence electrons. The summed E-state index contributed by atoms with van der Waals surface area (Å²) < 4.78 is 5.15. The monoisotopic (exact) mass is 298 g/mol. The molecule has 5 heteroatoms. The van der Waals surface area contributed by atoms with E-state index in [1.807, 2.05) is 0 Å². The first kappa shape index (κ1) is 17.8. The maximum atomic E-state index is 12.2. The summed E-state index contributed by atoms with van der Waals surface area (Å²) >= 11 is 0. The van der Waals surface area contributed by atoms with Crippen LogP contribution in [0.3, 0.4) is 0 Å². The van der Waals surface area contributed by atoms with E-state index in [0.717, 1.165) is 25.2 Å². The molecule has 0 heterocycles. The summed E-state index contributed by atoms with van der Waals surface area (Å²) in [5.74, 6) is 1.06. The number of ether oxygens (including phenoxy) is 1. The van der Waals surface area contributed by atoms with Crippen LogP contribution in [0.4, 0.5) is 4.79 Å². The maximum absolute atomic E-state index is 12.2. The topological polar surface area (TPSA) is 67.4 Å². The number of hydrogen-bond acceptors (Lipinski definition) is 3. The first-order valence-electron chi connectivity index (χ1n) is 7.88. The summed E-state index contributed by atoms with van der Waals surface area (Å²) in [4.78, 5) is 23.8. The Morgan fingerprint density at radius 1 is 1.19 bits per heavy atom. The van der Waals surface area contributed by atoms with Gasteiger partial charge in [-0.25, -0.2) is 4.79 Å². The van der Waals surface area contributed by atoms with Crippen LogP contribution in [0.15, 0.2) is 0 Å². The number of alkyl carbamates (subject to hydrolysis) is 1. The van der Waals surface area contributed by atoms with Gasteiger partial charge in [-0.05, 0) is 58.8 Å². The van der Waals surface area contributed by atoms with Gasteiger partial charge >= 0.3 is 6.09 Å². The van der Waals surface area contributed by atoms with Crippen molar-refractivity contribution in [1.29, 1.82) is 0 Å². The van der Waals surface area contributed by atoms with E-state index in [-0.39, 0.29) is 11.9 Å². The van der Waals surface area contributed by atoms with Gasteiger partial charge in [0.25, 0.3) is 0 Å². The van der Waals surface area contributed by atoms with Gasteiger partial charge in [-0.1, -0.05) is 13.8 Å². The van der Waals surface area contributed by atoms with Crippen LogP contribution in [0.5, 0.6) is 0 Å². The second kappa shape index (κ2) is 7.14. The van der Waals surface area contributed by atoms with Gasteiger partial charge in [0, 0.05) is 6.04 Å². The van der Waals surface area contributed by atoms with Gasteiger partial charge in [0.2, 0.25) is 5.91 Å². The van der Waals surface area contributed by atoms with Gasteiger partial charge in [0.05, 0.1) is 0 Å². The summed E-state index contributed by atoms with van der Waals surface area (Å²) in [7, 11) is 0. The molecule has 0 spiro atoms. The molecule has 2 N–H and O–H groups in total. The highest BCUT2D eigenvalue weighted by atomic mass is 16.6. The van der Waals surface area contributed by atoms with Crippen molar-refractivity contribution in [3.05, 3.63) is 0 Å². The Labute approximate surface area is 128 Å². The van der Waals surface area contributed by atoms with Crippen LogP contribution in [0.1, 0.15) is 60.8 Å². The number of carbonyl (C=O) groups excluding carboxylic acids is 2. The Bertz CT molecular complexity index is 376. The van der Waals surface area contributed by atoms with E-state index in [1.54, 1.807) is 27.7 Å². The highest BCUT2D eigenvalue weighted by Crippen LogP contribution is 2.28. The van der Waals surface area contributed by atoms with Gasteiger partial charge in [0.1, 0.15) is 11.6 Å². The third-order valence-electron chi connectivity index (χ3n) is 3.89. The molecule has 1 fully saturated rings. The molecular formula is C16H30N2O3. The van der Waals surface area contributed by atoms with Crippen LogP contribution in [-0.2, 0) is 9.53 Å². The van der Waals surface area contributed by atoms with E-state index in [9.17, 15) is 9.59 Å². The van der Waals surface area contributed by atoms with Crippen molar-refractivity contribution < 1.29 is 14.3 Å². The molecule has 4 unspecified atom stereocenters. The highest BCUT2D eigenvalue weighted by molar-refractivity contribution is 5.85. The molecule has 0 aromatic heterocycles. The smallest absolute Gasteiger partial charge is 0.408 e. The molecular weight excluding hydrogens is 268 g/mol. The van der Waals surface area contributed by atoms with Crippen molar-refractivity contribution in [2.75, 3.05) is 0 Å². The molecule has 0 saturated heterocycles. The number of amides is 2. The number of carbonyl (C=O) groups is 2. The summed E-state index contributed by atoms with van der Waals surface area (Å²) in [5, 5.41) is 5.62. The van der Waals surface area contributed by atoms with Gasteiger partial charge in [-0.15, -0.1) is 0 Å². The molecule has 0 bridgehead atoms. The molecule has 4 atom stereocenters.